The molecular weight excluding hydrogens is 420 g/mol. The van der Waals surface area contributed by atoms with Crippen LogP contribution in [-0.4, -0.2) is 36.2 Å². The minimum absolute atomic E-state index is 0.218. The monoisotopic (exact) mass is 436 g/mol. The second kappa shape index (κ2) is 6.52. The number of thioether (sulfide) groups is 1. The van der Waals surface area contributed by atoms with Gasteiger partial charge in [0.05, 0.1) is 22.2 Å². The van der Waals surface area contributed by atoms with E-state index in [9.17, 15) is 14.4 Å². The average Bonchev–Trinajstić information content (AvgIpc) is 3.02. The number of imide groups is 1. The number of fused-ring (bicyclic) bond motifs is 6. The van der Waals surface area contributed by atoms with Crippen LogP contribution >= 0.6 is 11.8 Å². The Bertz CT molecular complexity index is 1210. The van der Waals surface area contributed by atoms with Gasteiger partial charge in [-0.25, -0.2) is 9.69 Å². The fourth-order valence-electron chi connectivity index (χ4n) is 4.63. The van der Waals surface area contributed by atoms with Gasteiger partial charge in [0, 0.05) is 17.5 Å². The van der Waals surface area contributed by atoms with E-state index in [-0.39, 0.29) is 22.4 Å². The van der Waals surface area contributed by atoms with Gasteiger partial charge in [-0.15, -0.1) is 0 Å². The minimum Gasteiger partial charge on any atom is -0.486 e. The second-order valence-corrected chi connectivity index (χ2v) is 8.77. The number of benzene rings is 2. The van der Waals surface area contributed by atoms with Crippen molar-refractivity contribution in [2.24, 2.45) is 11.7 Å². The van der Waals surface area contributed by atoms with E-state index in [0.717, 1.165) is 11.8 Å². The van der Waals surface area contributed by atoms with E-state index >= 15 is 0 Å². The summed E-state index contributed by atoms with van der Waals surface area (Å²) in [5.41, 5.74) is 7.53. The predicted octanol–water partition coefficient (Wildman–Crippen LogP) is 1.94. The molecule has 0 saturated carbocycles. The number of nitrogens with two attached hydrogens (primary N) is 1. The molecular formula is C22H16N2O6S. The topological polar surface area (TPSA) is 108 Å². The predicted molar refractivity (Wildman–Crippen MR) is 111 cm³/mol. The molecule has 0 radical (unpaired) electrons. The molecule has 0 unspecified atom stereocenters. The number of hydrogen-bond acceptors (Lipinski definition) is 8. The molecule has 2 N–H and O–H groups in total. The van der Waals surface area contributed by atoms with Gasteiger partial charge in [0.15, 0.2) is 11.5 Å². The molecule has 156 valence electrons. The lowest BCUT2D eigenvalue weighted by molar-refractivity contribution is -0.131. The molecule has 4 heterocycles. The standard InChI is InChI=1S/C22H16N2O6S/c23-19-17-15(11-3-1-2-4-12(11)30-22(17)27)16-18(31-19)21(26)24(20(16)25)10-5-6-13-14(9-10)29-8-7-28-13/h1-6,9,15-16,18H,7-8,23H2/t15-,16-,18-/m0/s1. The maximum absolute atomic E-state index is 13.6. The Balaban J connectivity index is 1.46. The number of hydrogen-bond donors (Lipinski definition) is 1. The van der Waals surface area contributed by atoms with Crippen molar-refractivity contribution in [2.75, 3.05) is 18.1 Å². The molecule has 4 aliphatic heterocycles. The first-order chi connectivity index (χ1) is 15.0. The largest absolute Gasteiger partial charge is 0.486 e. The van der Waals surface area contributed by atoms with E-state index in [0.29, 0.717) is 41.7 Å². The van der Waals surface area contributed by atoms with Gasteiger partial charge in [-0.2, -0.15) is 0 Å². The molecule has 0 aliphatic carbocycles. The van der Waals surface area contributed by atoms with Crippen molar-refractivity contribution < 1.29 is 28.6 Å². The van der Waals surface area contributed by atoms with Crippen LogP contribution in [0.5, 0.6) is 17.2 Å². The lowest BCUT2D eigenvalue weighted by atomic mass is 9.77. The highest BCUT2D eigenvalue weighted by Crippen LogP contribution is 2.54. The van der Waals surface area contributed by atoms with E-state index in [1.807, 2.05) is 6.07 Å². The van der Waals surface area contributed by atoms with Gasteiger partial charge in [-0.3, -0.25) is 9.59 Å². The van der Waals surface area contributed by atoms with Crippen LogP contribution < -0.4 is 24.8 Å². The number of esters is 1. The van der Waals surface area contributed by atoms with Crippen molar-refractivity contribution in [2.45, 2.75) is 11.2 Å². The van der Waals surface area contributed by atoms with Crippen LogP contribution in [0.4, 0.5) is 5.69 Å². The first-order valence-electron chi connectivity index (χ1n) is 9.79. The Labute approximate surface area is 180 Å². The Morgan fingerprint density at radius 3 is 2.55 bits per heavy atom. The van der Waals surface area contributed by atoms with Gasteiger partial charge in [0.25, 0.3) is 0 Å². The maximum Gasteiger partial charge on any atom is 0.342 e. The fourth-order valence-corrected chi connectivity index (χ4v) is 5.87. The minimum atomic E-state index is -0.762. The van der Waals surface area contributed by atoms with Gasteiger partial charge in [-0.1, -0.05) is 30.0 Å². The van der Waals surface area contributed by atoms with Crippen molar-refractivity contribution in [3.63, 3.8) is 0 Å². The molecule has 4 aliphatic rings. The summed E-state index contributed by atoms with van der Waals surface area (Å²) in [7, 11) is 0. The zero-order valence-electron chi connectivity index (χ0n) is 16.1. The van der Waals surface area contributed by atoms with Crippen LogP contribution in [0.2, 0.25) is 0 Å². The molecule has 31 heavy (non-hydrogen) atoms. The Morgan fingerprint density at radius 1 is 0.935 bits per heavy atom. The maximum atomic E-state index is 13.6. The van der Waals surface area contributed by atoms with Gasteiger partial charge in [-0.05, 0) is 18.2 Å². The Hall–Kier alpha value is -3.46. The van der Waals surface area contributed by atoms with E-state index in [1.165, 1.54) is 4.90 Å². The summed E-state index contributed by atoms with van der Waals surface area (Å²) in [6.07, 6.45) is 0. The average molecular weight is 436 g/mol. The fraction of sp³-hybridized carbons (Fsp3) is 0.227. The summed E-state index contributed by atoms with van der Waals surface area (Å²) in [5, 5.41) is -0.510. The molecule has 6 rings (SSSR count). The highest BCUT2D eigenvalue weighted by molar-refractivity contribution is 8.04. The molecule has 8 nitrogen and oxygen atoms in total. The van der Waals surface area contributed by atoms with Crippen LogP contribution in [0, 0.1) is 5.92 Å². The zero-order chi connectivity index (χ0) is 21.3. The number of amides is 2. The number of para-hydroxylation sites is 1. The van der Waals surface area contributed by atoms with Crippen LogP contribution in [-0.2, 0) is 14.4 Å². The van der Waals surface area contributed by atoms with Crippen molar-refractivity contribution >= 4 is 35.2 Å². The normalized spacial score (nSPS) is 26.3. The number of rotatable bonds is 1. The molecule has 9 heteroatoms. The third-order valence-electron chi connectivity index (χ3n) is 5.95. The highest BCUT2D eigenvalue weighted by Gasteiger charge is 2.58. The van der Waals surface area contributed by atoms with Crippen LogP contribution in [0.1, 0.15) is 11.5 Å². The quantitative estimate of drug-likeness (QED) is 0.411. The summed E-state index contributed by atoms with van der Waals surface area (Å²) >= 11 is 1.05. The SMILES string of the molecule is NC1=C2C(=O)Oc3ccccc3[C@H]2[C@@H]2C(=O)N(c3ccc4c(c3)OCCO4)C(=O)[C@H]2S1. The molecule has 1 fully saturated rings. The summed E-state index contributed by atoms with van der Waals surface area (Å²) in [6, 6.07) is 12.0. The van der Waals surface area contributed by atoms with Crippen molar-refractivity contribution in [1.29, 1.82) is 0 Å². The lowest BCUT2D eigenvalue weighted by Crippen LogP contribution is -2.39. The van der Waals surface area contributed by atoms with E-state index < -0.39 is 23.1 Å². The molecule has 0 bridgehead atoms. The van der Waals surface area contributed by atoms with Gasteiger partial charge < -0.3 is 19.9 Å². The molecule has 2 aromatic rings. The first-order valence-corrected chi connectivity index (χ1v) is 10.7. The molecule has 0 aromatic heterocycles. The van der Waals surface area contributed by atoms with Crippen molar-refractivity contribution in [1.82, 2.24) is 0 Å². The number of carbonyl (C=O) groups is 3. The third kappa shape index (κ3) is 2.53. The Kier molecular flexibility index (Phi) is 3.85. The lowest BCUT2D eigenvalue weighted by Gasteiger charge is -2.36. The summed E-state index contributed by atoms with van der Waals surface area (Å²) in [4.78, 5) is 40.8. The van der Waals surface area contributed by atoms with Crippen molar-refractivity contribution in [3.8, 4) is 17.2 Å². The van der Waals surface area contributed by atoms with Crippen molar-refractivity contribution in [3.05, 3.63) is 58.6 Å². The Morgan fingerprint density at radius 2 is 1.71 bits per heavy atom. The van der Waals surface area contributed by atoms with Crippen LogP contribution in [0.25, 0.3) is 0 Å². The van der Waals surface area contributed by atoms with E-state index in [1.54, 1.807) is 36.4 Å². The second-order valence-electron chi connectivity index (χ2n) is 7.59. The number of anilines is 1. The molecule has 1 saturated heterocycles. The van der Waals surface area contributed by atoms with Crippen LogP contribution in [0.3, 0.4) is 0 Å². The number of ether oxygens (including phenoxy) is 3. The van der Waals surface area contributed by atoms with Gasteiger partial charge >= 0.3 is 5.97 Å². The summed E-state index contributed by atoms with van der Waals surface area (Å²) in [5.74, 6) is -1.28. The summed E-state index contributed by atoms with van der Waals surface area (Å²) < 4.78 is 16.6. The van der Waals surface area contributed by atoms with E-state index in [4.69, 9.17) is 19.9 Å². The molecule has 2 amide bonds. The molecule has 3 atom stereocenters. The van der Waals surface area contributed by atoms with E-state index in [2.05, 4.69) is 0 Å². The highest BCUT2D eigenvalue weighted by atomic mass is 32.2. The number of carbonyl (C=O) groups excluding carboxylic acids is 3. The third-order valence-corrected chi connectivity index (χ3v) is 7.17. The number of nitrogens with zero attached hydrogens (tertiary/aromatic N) is 1. The van der Waals surface area contributed by atoms with Crippen LogP contribution in [0.15, 0.2) is 53.1 Å². The zero-order valence-corrected chi connectivity index (χ0v) is 16.9. The molecule has 2 aromatic carbocycles. The first kappa shape index (κ1) is 18.3. The van der Waals surface area contributed by atoms with Gasteiger partial charge in [0.2, 0.25) is 11.8 Å². The van der Waals surface area contributed by atoms with Gasteiger partial charge in [0.1, 0.15) is 24.2 Å². The summed E-state index contributed by atoms with van der Waals surface area (Å²) in [6.45, 7) is 0.837. The molecule has 0 spiro atoms. The smallest absolute Gasteiger partial charge is 0.342 e.